The number of ether oxygens (including phenoxy) is 1. The van der Waals surface area contributed by atoms with Crippen LogP contribution in [0.15, 0.2) is 30.3 Å². The molecule has 126 valence electrons. The number of benzene rings is 1. The van der Waals surface area contributed by atoms with Crippen LogP contribution >= 0.6 is 0 Å². The van der Waals surface area contributed by atoms with Gasteiger partial charge in [-0.1, -0.05) is 18.2 Å². The Labute approximate surface area is 141 Å². The minimum absolute atomic E-state index is 0.0364. The molecule has 1 atom stereocenters. The number of hydrogen-bond acceptors (Lipinski definition) is 4. The molecule has 1 saturated heterocycles. The number of nitrogens with zero attached hydrogens (tertiary/aromatic N) is 2. The first-order valence-electron chi connectivity index (χ1n) is 8.42. The van der Waals surface area contributed by atoms with E-state index in [9.17, 15) is 9.59 Å². The third kappa shape index (κ3) is 3.25. The molecule has 1 aromatic carbocycles. The average molecular weight is 326 g/mol. The first-order valence-corrected chi connectivity index (χ1v) is 8.42. The summed E-state index contributed by atoms with van der Waals surface area (Å²) in [4.78, 5) is 31.3. The van der Waals surface area contributed by atoms with Crippen LogP contribution in [0.1, 0.15) is 35.8 Å². The predicted octanol–water partition coefficient (Wildman–Crippen LogP) is 2.96. The minimum Gasteiger partial charge on any atom is -0.466 e. The van der Waals surface area contributed by atoms with Crippen molar-refractivity contribution in [1.29, 1.82) is 0 Å². The Morgan fingerprint density at radius 2 is 2.12 bits per heavy atom. The predicted molar refractivity (Wildman–Crippen MR) is 91.7 cm³/mol. The number of aromatic nitrogens is 1. The zero-order valence-electron chi connectivity index (χ0n) is 14.1. The molecule has 0 unspecified atom stereocenters. The second-order valence-electron chi connectivity index (χ2n) is 6.17. The molecule has 1 aliphatic heterocycles. The second kappa shape index (κ2) is 6.99. The summed E-state index contributed by atoms with van der Waals surface area (Å²) in [6.07, 6.45) is 1.59. The summed E-state index contributed by atoms with van der Waals surface area (Å²) in [7, 11) is 0. The van der Waals surface area contributed by atoms with Crippen LogP contribution in [0, 0.1) is 12.8 Å². The van der Waals surface area contributed by atoms with E-state index in [1.54, 1.807) is 11.8 Å². The van der Waals surface area contributed by atoms with Gasteiger partial charge in [0.15, 0.2) is 0 Å². The van der Waals surface area contributed by atoms with E-state index < -0.39 is 0 Å². The summed E-state index contributed by atoms with van der Waals surface area (Å²) < 4.78 is 5.12. The summed E-state index contributed by atoms with van der Waals surface area (Å²) in [5.41, 5.74) is 2.29. The number of carbonyl (C=O) groups excluding carboxylic acids is 2. The number of piperidine rings is 1. The number of fused-ring (bicyclic) bond motifs is 1. The molecule has 0 spiro atoms. The maximum absolute atomic E-state index is 13.0. The summed E-state index contributed by atoms with van der Waals surface area (Å²) >= 11 is 0. The maximum Gasteiger partial charge on any atom is 0.310 e. The minimum atomic E-state index is -0.225. The lowest BCUT2D eigenvalue weighted by molar-refractivity contribution is -0.149. The number of esters is 1. The van der Waals surface area contributed by atoms with E-state index in [1.807, 2.05) is 37.3 Å². The highest BCUT2D eigenvalue weighted by Crippen LogP contribution is 2.24. The second-order valence-corrected chi connectivity index (χ2v) is 6.17. The smallest absolute Gasteiger partial charge is 0.310 e. The molecule has 0 saturated carbocycles. The summed E-state index contributed by atoms with van der Waals surface area (Å²) in [5, 5.41) is 0.853. The highest BCUT2D eigenvalue weighted by atomic mass is 16.5. The van der Waals surface area contributed by atoms with Gasteiger partial charge in [0.25, 0.3) is 5.91 Å². The number of amides is 1. The number of pyridine rings is 1. The largest absolute Gasteiger partial charge is 0.466 e. The maximum atomic E-state index is 13.0. The SMILES string of the molecule is CCOC(=O)[C@@H]1CCCN(C(=O)c2cc(C)nc3ccccc23)C1. The van der Waals surface area contributed by atoms with Gasteiger partial charge in [-0.2, -0.15) is 0 Å². The third-order valence-corrected chi connectivity index (χ3v) is 4.40. The van der Waals surface area contributed by atoms with Crippen molar-refractivity contribution in [2.75, 3.05) is 19.7 Å². The van der Waals surface area contributed by atoms with Crippen molar-refractivity contribution < 1.29 is 14.3 Å². The van der Waals surface area contributed by atoms with Gasteiger partial charge in [-0.05, 0) is 38.8 Å². The van der Waals surface area contributed by atoms with Crippen molar-refractivity contribution >= 4 is 22.8 Å². The first kappa shape index (κ1) is 16.4. The quantitative estimate of drug-likeness (QED) is 0.814. The lowest BCUT2D eigenvalue weighted by atomic mass is 9.97. The van der Waals surface area contributed by atoms with Gasteiger partial charge >= 0.3 is 5.97 Å². The van der Waals surface area contributed by atoms with Gasteiger partial charge in [0, 0.05) is 24.2 Å². The van der Waals surface area contributed by atoms with Crippen molar-refractivity contribution in [3.63, 3.8) is 0 Å². The fourth-order valence-corrected chi connectivity index (χ4v) is 3.27. The Kier molecular flexibility index (Phi) is 4.79. The normalized spacial score (nSPS) is 17.8. The molecule has 3 rings (SSSR count). The van der Waals surface area contributed by atoms with E-state index in [0.717, 1.165) is 29.4 Å². The van der Waals surface area contributed by atoms with E-state index in [-0.39, 0.29) is 17.8 Å². The molecular formula is C19H22N2O3. The van der Waals surface area contributed by atoms with E-state index in [0.29, 0.717) is 25.3 Å². The van der Waals surface area contributed by atoms with Crippen LogP contribution < -0.4 is 0 Å². The summed E-state index contributed by atoms with van der Waals surface area (Å²) in [6.45, 7) is 5.16. The van der Waals surface area contributed by atoms with Gasteiger partial charge in [0.05, 0.1) is 23.6 Å². The molecule has 0 aliphatic carbocycles. The number of aryl methyl sites for hydroxylation is 1. The van der Waals surface area contributed by atoms with Gasteiger partial charge in [0.2, 0.25) is 0 Å². The number of rotatable bonds is 3. The molecule has 0 N–H and O–H groups in total. The molecule has 1 aromatic heterocycles. The Bertz CT molecular complexity index is 772. The van der Waals surface area contributed by atoms with Gasteiger partial charge in [-0.15, -0.1) is 0 Å². The number of para-hydroxylation sites is 1. The van der Waals surface area contributed by atoms with Crippen LogP contribution in [-0.4, -0.2) is 41.5 Å². The topological polar surface area (TPSA) is 59.5 Å². The molecule has 0 bridgehead atoms. The van der Waals surface area contributed by atoms with Crippen LogP contribution in [0.4, 0.5) is 0 Å². The van der Waals surface area contributed by atoms with E-state index in [2.05, 4.69) is 4.98 Å². The van der Waals surface area contributed by atoms with Crippen molar-refractivity contribution in [2.24, 2.45) is 5.92 Å². The number of carbonyl (C=O) groups is 2. The van der Waals surface area contributed by atoms with Gasteiger partial charge in [-0.3, -0.25) is 14.6 Å². The first-order chi connectivity index (χ1) is 11.6. The van der Waals surface area contributed by atoms with E-state index in [1.165, 1.54) is 0 Å². The molecular weight excluding hydrogens is 304 g/mol. The standard InChI is InChI=1S/C19H22N2O3/c1-3-24-19(23)14-7-6-10-21(12-14)18(22)16-11-13(2)20-17-9-5-4-8-15(16)17/h4-5,8-9,11,14H,3,6-7,10,12H2,1-2H3/t14-/m1/s1. The van der Waals surface area contributed by atoms with Gasteiger partial charge in [0.1, 0.15) is 0 Å². The fraction of sp³-hybridized carbons (Fsp3) is 0.421. The molecule has 2 heterocycles. The lowest BCUT2D eigenvalue weighted by Crippen LogP contribution is -2.42. The molecule has 0 radical (unpaired) electrons. The number of hydrogen-bond donors (Lipinski definition) is 0. The number of likely N-dealkylation sites (tertiary alicyclic amines) is 1. The van der Waals surface area contributed by atoms with Gasteiger partial charge < -0.3 is 9.64 Å². The molecule has 1 amide bonds. The van der Waals surface area contributed by atoms with Crippen LogP contribution in [0.3, 0.4) is 0 Å². The molecule has 2 aromatic rings. The van der Waals surface area contributed by atoms with Gasteiger partial charge in [-0.25, -0.2) is 0 Å². The Morgan fingerprint density at radius 1 is 1.33 bits per heavy atom. The highest BCUT2D eigenvalue weighted by molar-refractivity contribution is 6.06. The van der Waals surface area contributed by atoms with Crippen LogP contribution in [-0.2, 0) is 9.53 Å². The monoisotopic (exact) mass is 326 g/mol. The van der Waals surface area contributed by atoms with Crippen LogP contribution in [0.2, 0.25) is 0 Å². The Balaban J connectivity index is 1.88. The van der Waals surface area contributed by atoms with E-state index >= 15 is 0 Å². The highest BCUT2D eigenvalue weighted by Gasteiger charge is 2.30. The van der Waals surface area contributed by atoms with Crippen molar-refractivity contribution in [2.45, 2.75) is 26.7 Å². The lowest BCUT2D eigenvalue weighted by Gasteiger charge is -2.31. The molecule has 1 aliphatic rings. The molecule has 24 heavy (non-hydrogen) atoms. The summed E-state index contributed by atoms with van der Waals surface area (Å²) in [5.74, 6) is -0.465. The van der Waals surface area contributed by atoms with Crippen molar-refractivity contribution in [3.8, 4) is 0 Å². The van der Waals surface area contributed by atoms with E-state index in [4.69, 9.17) is 4.74 Å². The zero-order chi connectivity index (χ0) is 17.1. The molecule has 1 fully saturated rings. The average Bonchev–Trinajstić information content (AvgIpc) is 2.60. The molecule has 5 heteroatoms. The summed E-state index contributed by atoms with van der Waals surface area (Å²) in [6, 6.07) is 9.49. The fourth-order valence-electron chi connectivity index (χ4n) is 3.27. The Hall–Kier alpha value is -2.43. The van der Waals surface area contributed by atoms with Crippen molar-refractivity contribution in [1.82, 2.24) is 9.88 Å². The Morgan fingerprint density at radius 3 is 2.92 bits per heavy atom. The zero-order valence-corrected chi connectivity index (χ0v) is 14.1. The third-order valence-electron chi connectivity index (χ3n) is 4.40. The molecule has 5 nitrogen and oxygen atoms in total. The van der Waals surface area contributed by atoms with Crippen LogP contribution in [0.5, 0.6) is 0 Å². The van der Waals surface area contributed by atoms with Crippen LogP contribution in [0.25, 0.3) is 10.9 Å². The van der Waals surface area contributed by atoms with Crippen molar-refractivity contribution in [3.05, 3.63) is 41.6 Å².